The van der Waals surface area contributed by atoms with Crippen LogP contribution in [0.1, 0.15) is 43.5 Å². The molecule has 4 atom stereocenters. The predicted octanol–water partition coefficient (Wildman–Crippen LogP) is 3.74. The van der Waals surface area contributed by atoms with Gasteiger partial charge in [-0.3, -0.25) is 0 Å². The molecule has 1 heterocycles. The van der Waals surface area contributed by atoms with Crippen LogP contribution in [0.2, 0.25) is 0 Å². The fourth-order valence-electron chi connectivity index (χ4n) is 3.62. The number of rotatable bonds is 7. The van der Waals surface area contributed by atoms with Gasteiger partial charge in [0.1, 0.15) is 18.0 Å². The van der Waals surface area contributed by atoms with Gasteiger partial charge in [-0.25, -0.2) is 0 Å². The lowest BCUT2D eigenvalue weighted by Gasteiger charge is -2.29. The molecule has 2 N–H and O–H groups in total. The third-order valence-electron chi connectivity index (χ3n) is 5.09. The second-order valence-electron chi connectivity index (χ2n) is 7.92. The van der Waals surface area contributed by atoms with E-state index in [1.165, 1.54) is 5.56 Å². The van der Waals surface area contributed by atoms with Crippen LogP contribution in [-0.2, 0) is 16.0 Å². The lowest BCUT2D eigenvalue weighted by Crippen LogP contribution is -2.42. The van der Waals surface area contributed by atoms with E-state index in [4.69, 9.17) is 14.2 Å². The zero-order chi connectivity index (χ0) is 20.3. The van der Waals surface area contributed by atoms with Gasteiger partial charge in [-0.1, -0.05) is 42.0 Å². The fraction of sp³-hybridized carbons (Fsp3) is 0.478. The first-order valence-corrected chi connectivity index (χ1v) is 9.75. The number of nitrogens with one attached hydrogen (secondary N) is 1. The molecule has 0 aliphatic carbocycles. The number of ether oxygens (including phenoxy) is 3. The summed E-state index contributed by atoms with van der Waals surface area (Å²) in [6.07, 6.45) is -1.36. The Morgan fingerprint density at radius 1 is 1.04 bits per heavy atom. The van der Waals surface area contributed by atoms with Gasteiger partial charge in [0, 0.05) is 6.54 Å². The fourth-order valence-corrected chi connectivity index (χ4v) is 3.62. The second-order valence-corrected chi connectivity index (χ2v) is 7.92. The minimum absolute atomic E-state index is 0.121. The van der Waals surface area contributed by atoms with Crippen molar-refractivity contribution < 1.29 is 19.3 Å². The summed E-state index contributed by atoms with van der Waals surface area (Å²) in [4.78, 5) is 0. The Kier molecular flexibility index (Phi) is 6.40. The van der Waals surface area contributed by atoms with Gasteiger partial charge in [-0.2, -0.15) is 0 Å². The number of methoxy groups -OCH3 is 1. The van der Waals surface area contributed by atoms with E-state index >= 15 is 0 Å². The summed E-state index contributed by atoms with van der Waals surface area (Å²) in [7, 11) is 1.66. The van der Waals surface area contributed by atoms with Crippen molar-refractivity contribution in [2.45, 2.75) is 64.4 Å². The molecule has 2 aromatic carbocycles. The van der Waals surface area contributed by atoms with E-state index in [9.17, 15) is 5.11 Å². The molecule has 1 fully saturated rings. The molecule has 5 heteroatoms. The highest BCUT2D eigenvalue weighted by Gasteiger charge is 2.47. The van der Waals surface area contributed by atoms with Gasteiger partial charge in [0.15, 0.2) is 5.79 Å². The molecule has 0 saturated carbocycles. The van der Waals surface area contributed by atoms with Crippen molar-refractivity contribution in [3.63, 3.8) is 0 Å². The first-order valence-electron chi connectivity index (χ1n) is 9.75. The number of aliphatic hydroxyl groups is 1. The zero-order valence-electron chi connectivity index (χ0n) is 17.3. The maximum Gasteiger partial charge on any atom is 0.163 e. The van der Waals surface area contributed by atoms with Crippen LogP contribution in [0.5, 0.6) is 5.75 Å². The molecule has 152 valence electrons. The Morgan fingerprint density at radius 2 is 1.64 bits per heavy atom. The van der Waals surface area contributed by atoms with E-state index in [-0.39, 0.29) is 12.1 Å². The van der Waals surface area contributed by atoms with E-state index in [2.05, 4.69) is 36.5 Å². The van der Waals surface area contributed by atoms with Gasteiger partial charge in [-0.05, 0) is 51.0 Å². The molecule has 1 aliphatic rings. The average molecular weight is 386 g/mol. The highest BCUT2D eigenvalue weighted by atomic mass is 16.8. The monoisotopic (exact) mass is 385 g/mol. The number of hydrogen-bond acceptors (Lipinski definition) is 5. The molecular weight excluding hydrogens is 354 g/mol. The Balaban J connectivity index is 1.85. The van der Waals surface area contributed by atoms with Crippen LogP contribution in [-0.4, -0.2) is 36.3 Å². The molecule has 28 heavy (non-hydrogen) atoms. The average Bonchev–Trinajstić information content (AvgIpc) is 2.99. The normalized spacial score (nSPS) is 23.4. The van der Waals surface area contributed by atoms with Crippen LogP contribution in [0.15, 0.2) is 48.5 Å². The first-order chi connectivity index (χ1) is 13.3. The SMILES string of the molecule is COc1ccc(CN[C@@H](c2ccc(C)cc2)[C@@H]2OC(C)(C)O[C@@H]2[C@@H](C)O)cc1. The largest absolute Gasteiger partial charge is 0.497 e. The number of hydrogen-bond donors (Lipinski definition) is 2. The van der Waals surface area contributed by atoms with Crippen molar-refractivity contribution in [2.75, 3.05) is 7.11 Å². The second kappa shape index (κ2) is 8.62. The molecule has 2 aromatic rings. The summed E-state index contributed by atoms with van der Waals surface area (Å²) in [5, 5.41) is 13.9. The highest BCUT2D eigenvalue weighted by molar-refractivity contribution is 5.28. The van der Waals surface area contributed by atoms with Crippen LogP contribution in [0.3, 0.4) is 0 Å². The van der Waals surface area contributed by atoms with Gasteiger partial charge in [-0.15, -0.1) is 0 Å². The van der Waals surface area contributed by atoms with E-state index in [1.807, 2.05) is 38.1 Å². The summed E-state index contributed by atoms with van der Waals surface area (Å²) in [6, 6.07) is 16.3. The van der Waals surface area contributed by atoms with Crippen LogP contribution in [0.4, 0.5) is 0 Å². The number of benzene rings is 2. The van der Waals surface area contributed by atoms with E-state index in [0.29, 0.717) is 6.54 Å². The Morgan fingerprint density at radius 3 is 2.21 bits per heavy atom. The quantitative estimate of drug-likeness (QED) is 0.760. The molecule has 0 amide bonds. The van der Waals surface area contributed by atoms with Crippen molar-refractivity contribution in [2.24, 2.45) is 0 Å². The minimum Gasteiger partial charge on any atom is -0.497 e. The molecule has 3 rings (SSSR count). The van der Waals surface area contributed by atoms with Crippen LogP contribution < -0.4 is 10.1 Å². The maximum absolute atomic E-state index is 10.3. The molecule has 5 nitrogen and oxygen atoms in total. The Hall–Kier alpha value is -1.92. The van der Waals surface area contributed by atoms with Crippen LogP contribution in [0.25, 0.3) is 0 Å². The molecular formula is C23H31NO4. The van der Waals surface area contributed by atoms with Crippen LogP contribution in [0, 0.1) is 6.92 Å². The summed E-state index contributed by atoms with van der Waals surface area (Å²) < 4.78 is 17.5. The van der Waals surface area contributed by atoms with Crippen molar-refractivity contribution in [3.05, 3.63) is 65.2 Å². The van der Waals surface area contributed by atoms with Crippen molar-refractivity contribution in [1.82, 2.24) is 5.32 Å². The summed E-state index contributed by atoms with van der Waals surface area (Å²) in [5.74, 6) is 0.0964. The van der Waals surface area contributed by atoms with Gasteiger partial charge < -0.3 is 24.6 Å². The molecule has 0 aromatic heterocycles. The molecule has 1 saturated heterocycles. The topological polar surface area (TPSA) is 60.0 Å². The molecule has 0 unspecified atom stereocenters. The Labute approximate surface area is 167 Å². The molecule has 0 bridgehead atoms. The van der Waals surface area contributed by atoms with Gasteiger partial charge >= 0.3 is 0 Å². The standard InChI is InChI=1S/C23H31NO4/c1-15-6-10-18(11-7-15)20(22-21(16(2)25)27-23(3,4)28-22)24-14-17-8-12-19(26-5)13-9-17/h6-13,16,20-22,24-25H,14H2,1-5H3/t16-,20+,21-,22+/m1/s1. The van der Waals surface area contributed by atoms with Crippen molar-refractivity contribution in [1.29, 1.82) is 0 Å². The molecule has 1 aliphatic heterocycles. The highest BCUT2D eigenvalue weighted by Crippen LogP contribution is 2.37. The summed E-state index contributed by atoms with van der Waals surface area (Å²) in [6.45, 7) is 8.25. The number of aryl methyl sites for hydroxylation is 1. The summed E-state index contributed by atoms with van der Waals surface area (Å²) >= 11 is 0. The van der Waals surface area contributed by atoms with Crippen LogP contribution >= 0.6 is 0 Å². The minimum atomic E-state index is -0.739. The van der Waals surface area contributed by atoms with Gasteiger partial charge in [0.2, 0.25) is 0 Å². The third kappa shape index (κ3) is 4.92. The Bertz CT molecular complexity index is 755. The third-order valence-corrected chi connectivity index (χ3v) is 5.09. The van der Waals surface area contributed by atoms with Gasteiger partial charge in [0.05, 0.1) is 19.3 Å². The number of aliphatic hydroxyl groups excluding tert-OH is 1. The lowest BCUT2D eigenvalue weighted by atomic mass is 9.94. The first kappa shape index (κ1) is 20.8. The maximum atomic E-state index is 10.3. The van der Waals surface area contributed by atoms with E-state index in [0.717, 1.165) is 16.9 Å². The smallest absolute Gasteiger partial charge is 0.163 e. The summed E-state index contributed by atoms with van der Waals surface area (Å²) in [5.41, 5.74) is 3.45. The van der Waals surface area contributed by atoms with Gasteiger partial charge in [0.25, 0.3) is 0 Å². The predicted molar refractivity (Wildman–Crippen MR) is 109 cm³/mol. The zero-order valence-corrected chi connectivity index (χ0v) is 17.3. The molecule has 0 spiro atoms. The van der Waals surface area contributed by atoms with Crippen molar-refractivity contribution in [3.8, 4) is 5.75 Å². The van der Waals surface area contributed by atoms with E-state index in [1.54, 1.807) is 14.0 Å². The van der Waals surface area contributed by atoms with Crippen molar-refractivity contribution >= 4 is 0 Å². The van der Waals surface area contributed by atoms with E-state index < -0.39 is 18.0 Å². The molecule has 0 radical (unpaired) electrons. The lowest BCUT2D eigenvalue weighted by molar-refractivity contribution is -0.155.